The number of benzene rings is 1. The molecule has 74 valence electrons. The van der Waals surface area contributed by atoms with Crippen LogP contribution in [0.3, 0.4) is 0 Å². The molecule has 0 aliphatic heterocycles. The Balaban J connectivity index is 2.26. The first kappa shape index (κ1) is 10.6. The third-order valence-corrected chi connectivity index (χ3v) is 1.64. The van der Waals surface area contributed by atoms with Crippen molar-refractivity contribution in [2.24, 2.45) is 5.92 Å². The maximum absolute atomic E-state index is 11.0. The van der Waals surface area contributed by atoms with Crippen LogP contribution in [0.4, 0.5) is 0 Å². The summed E-state index contributed by atoms with van der Waals surface area (Å²) in [4.78, 5) is 11.0. The van der Waals surface area contributed by atoms with E-state index in [0.717, 1.165) is 0 Å². The summed E-state index contributed by atoms with van der Waals surface area (Å²) in [6.07, 6.45) is 0. The van der Waals surface area contributed by atoms with Crippen LogP contribution >= 0.6 is 0 Å². The van der Waals surface area contributed by atoms with Gasteiger partial charge >= 0.3 is 7.69 Å². The molecule has 0 amide bonds. The largest absolute Gasteiger partial charge is 0.578 e. The van der Waals surface area contributed by atoms with Crippen LogP contribution in [0.15, 0.2) is 30.3 Å². The van der Waals surface area contributed by atoms with Gasteiger partial charge in [-0.1, -0.05) is 32.0 Å². The molecular formula is C10H13BO3. The molecule has 0 aromatic heterocycles. The lowest BCUT2D eigenvalue weighted by atomic mass is 10.2. The number of para-hydroxylation sites is 1. The van der Waals surface area contributed by atoms with Crippen molar-refractivity contribution >= 4 is 13.7 Å². The molecule has 0 saturated heterocycles. The zero-order valence-corrected chi connectivity index (χ0v) is 8.40. The van der Waals surface area contributed by atoms with Crippen molar-refractivity contribution in [2.45, 2.75) is 13.8 Å². The van der Waals surface area contributed by atoms with Crippen molar-refractivity contribution in [3.05, 3.63) is 30.3 Å². The summed E-state index contributed by atoms with van der Waals surface area (Å²) in [6.45, 7) is 3.57. The second kappa shape index (κ2) is 5.32. The number of hydrogen-bond acceptors (Lipinski definition) is 3. The van der Waals surface area contributed by atoms with E-state index in [0.29, 0.717) is 5.75 Å². The van der Waals surface area contributed by atoms with Gasteiger partial charge in [0.1, 0.15) is 5.75 Å². The van der Waals surface area contributed by atoms with Crippen LogP contribution in [0.1, 0.15) is 13.8 Å². The summed E-state index contributed by atoms with van der Waals surface area (Å²) >= 11 is 0. The van der Waals surface area contributed by atoms with Gasteiger partial charge in [0.05, 0.1) is 0 Å². The molecule has 1 rings (SSSR count). The topological polar surface area (TPSA) is 35.5 Å². The van der Waals surface area contributed by atoms with Gasteiger partial charge in [-0.25, -0.2) is 0 Å². The first-order chi connectivity index (χ1) is 6.70. The van der Waals surface area contributed by atoms with Gasteiger partial charge in [-0.05, 0) is 12.1 Å². The van der Waals surface area contributed by atoms with E-state index >= 15 is 0 Å². The molecule has 1 aromatic carbocycles. The van der Waals surface area contributed by atoms with Gasteiger partial charge in [0.15, 0.2) is 0 Å². The second-order valence-corrected chi connectivity index (χ2v) is 3.19. The SMILES string of the molecule is CC(C)C(=O)OBOc1ccccc1. The zero-order chi connectivity index (χ0) is 10.4. The van der Waals surface area contributed by atoms with E-state index in [1.807, 2.05) is 30.3 Å². The monoisotopic (exact) mass is 192 g/mol. The molecule has 0 saturated carbocycles. The highest BCUT2D eigenvalue weighted by atomic mass is 16.6. The molecule has 0 N–H and O–H groups in total. The summed E-state index contributed by atoms with van der Waals surface area (Å²) in [5, 5.41) is 0. The number of carbonyl (C=O) groups excluding carboxylic acids is 1. The Bertz CT molecular complexity index is 285. The molecular weight excluding hydrogens is 179 g/mol. The lowest BCUT2D eigenvalue weighted by Gasteiger charge is -2.07. The smallest absolute Gasteiger partial charge is 0.528 e. The third kappa shape index (κ3) is 3.52. The van der Waals surface area contributed by atoms with E-state index in [-0.39, 0.29) is 19.6 Å². The van der Waals surface area contributed by atoms with E-state index in [2.05, 4.69) is 0 Å². The van der Waals surface area contributed by atoms with Crippen LogP contribution in [-0.4, -0.2) is 13.7 Å². The summed E-state index contributed by atoms with van der Waals surface area (Å²) in [7, 11) is -0.0268. The van der Waals surface area contributed by atoms with Gasteiger partial charge in [-0.3, -0.25) is 4.79 Å². The minimum absolute atomic E-state index is 0.0268. The predicted octanol–water partition coefficient (Wildman–Crippen LogP) is 1.53. The molecule has 0 unspecified atom stereocenters. The maximum atomic E-state index is 11.0. The van der Waals surface area contributed by atoms with Crippen molar-refractivity contribution in [1.82, 2.24) is 0 Å². The Labute approximate surface area is 84.3 Å². The second-order valence-electron chi connectivity index (χ2n) is 3.19. The standard InChI is InChI=1S/C10H13BO3/c1-8(2)10(12)14-11-13-9-6-4-3-5-7-9/h3-8,11H,1-2H3. The summed E-state index contributed by atoms with van der Waals surface area (Å²) in [6, 6.07) is 9.23. The van der Waals surface area contributed by atoms with Gasteiger partial charge in [-0.15, -0.1) is 0 Å². The Morgan fingerprint density at radius 1 is 1.29 bits per heavy atom. The first-order valence-electron chi connectivity index (χ1n) is 4.54. The van der Waals surface area contributed by atoms with E-state index < -0.39 is 0 Å². The summed E-state index contributed by atoms with van der Waals surface area (Å²) in [5.74, 6) is 0.333. The van der Waals surface area contributed by atoms with Crippen molar-refractivity contribution in [3.63, 3.8) is 0 Å². The number of hydrogen-bond donors (Lipinski definition) is 0. The van der Waals surface area contributed by atoms with E-state index in [1.54, 1.807) is 13.8 Å². The maximum Gasteiger partial charge on any atom is 0.578 e. The van der Waals surface area contributed by atoms with Crippen molar-refractivity contribution in [2.75, 3.05) is 0 Å². The average Bonchev–Trinajstić information content (AvgIpc) is 2.19. The highest BCUT2D eigenvalue weighted by Crippen LogP contribution is 2.07. The van der Waals surface area contributed by atoms with Crippen LogP contribution in [0, 0.1) is 5.92 Å². The molecule has 14 heavy (non-hydrogen) atoms. The molecule has 4 heteroatoms. The van der Waals surface area contributed by atoms with Crippen LogP contribution in [0.5, 0.6) is 5.75 Å². The molecule has 0 radical (unpaired) electrons. The zero-order valence-electron chi connectivity index (χ0n) is 8.40. The normalized spacial score (nSPS) is 9.64. The fourth-order valence-electron chi connectivity index (χ4n) is 0.839. The van der Waals surface area contributed by atoms with Crippen molar-refractivity contribution in [1.29, 1.82) is 0 Å². The highest BCUT2D eigenvalue weighted by Gasteiger charge is 2.09. The predicted molar refractivity (Wildman–Crippen MR) is 55.1 cm³/mol. The molecule has 0 heterocycles. The van der Waals surface area contributed by atoms with Crippen molar-refractivity contribution < 1.29 is 14.1 Å². The number of carbonyl (C=O) groups is 1. The van der Waals surface area contributed by atoms with Crippen LogP contribution in [0.25, 0.3) is 0 Å². The fourth-order valence-corrected chi connectivity index (χ4v) is 0.839. The van der Waals surface area contributed by atoms with Gasteiger partial charge in [0.2, 0.25) is 0 Å². The molecule has 0 aliphatic rings. The summed E-state index contributed by atoms with van der Waals surface area (Å²) in [5.41, 5.74) is 0. The van der Waals surface area contributed by atoms with Crippen LogP contribution in [0.2, 0.25) is 0 Å². The highest BCUT2D eigenvalue weighted by molar-refractivity contribution is 6.23. The van der Waals surface area contributed by atoms with Crippen LogP contribution in [-0.2, 0) is 9.45 Å². The first-order valence-corrected chi connectivity index (χ1v) is 4.54. The molecule has 0 atom stereocenters. The molecule has 0 fully saturated rings. The van der Waals surface area contributed by atoms with E-state index in [1.165, 1.54) is 0 Å². The van der Waals surface area contributed by atoms with Gasteiger partial charge in [-0.2, -0.15) is 0 Å². The third-order valence-electron chi connectivity index (χ3n) is 1.64. The Morgan fingerprint density at radius 3 is 2.50 bits per heavy atom. The fraction of sp³-hybridized carbons (Fsp3) is 0.300. The minimum atomic E-state index is -0.249. The molecule has 0 spiro atoms. The Hall–Kier alpha value is -1.45. The lowest BCUT2D eigenvalue weighted by molar-refractivity contribution is -0.138. The van der Waals surface area contributed by atoms with Gasteiger partial charge in [0.25, 0.3) is 5.97 Å². The van der Waals surface area contributed by atoms with Crippen LogP contribution < -0.4 is 4.65 Å². The summed E-state index contributed by atoms with van der Waals surface area (Å²) < 4.78 is 10.0. The molecule has 3 nitrogen and oxygen atoms in total. The van der Waals surface area contributed by atoms with Crippen molar-refractivity contribution in [3.8, 4) is 5.75 Å². The van der Waals surface area contributed by atoms with E-state index in [4.69, 9.17) is 9.31 Å². The molecule has 0 bridgehead atoms. The minimum Gasteiger partial charge on any atom is -0.528 e. The average molecular weight is 192 g/mol. The molecule has 0 aliphatic carbocycles. The molecule has 1 aromatic rings. The Kier molecular flexibility index (Phi) is 4.04. The number of rotatable bonds is 4. The quantitative estimate of drug-likeness (QED) is 0.678. The Morgan fingerprint density at radius 2 is 1.93 bits per heavy atom. The van der Waals surface area contributed by atoms with Gasteiger partial charge < -0.3 is 9.31 Å². The van der Waals surface area contributed by atoms with Gasteiger partial charge in [0, 0.05) is 5.92 Å². The lowest BCUT2D eigenvalue weighted by Crippen LogP contribution is -2.18. The van der Waals surface area contributed by atoms with E-state index in [9.17, 15) is 4.79 Å².